The van der Waals surface area contributed by atoms with Gasteiger partial charge in [0.1, 0.15) is 5.82 Å². The number of unbranched alkanes of at least 4 members (excludes halogenated alkanes) is 3. The average molecular weight is 217 g/mol. The molecule has 1 aromatic heterocycles. The Balaban J connectivity index is 2.20. The molecule has 1 aromatic rings. The van der Waals surface area contributed by atoms with Gasteiger partial charge in [-0.05, 0) is 33.4 Å². The Bertz CT molecular complexity index is 346. The van der Waals surface area contributed by atoms with Crippen molar-refractivity contribution in [1.82, 2.24) is 15.3 Å². The number of aryl methyl sites for hydroxylation is 1. The number of nitrogens with one attached hydrogen (secondary N) is 1. The first-order valence-corrected chi connectivity index (χ1v) is 5.75. The summed E-state index contributed by atoms with van der Waals surface area (Å²) < 4.78 is 0. The average Bonchev–Trinajstić information content (AvgIpc) is 2.30. The molecule has 1 rings (SSSR count). The highest BCUT2D eigenvalue weighted by atomic mass is 14.8. The zero-order valence-electron chi connectivity index (χ0n) is 10.1. The number of rotatable bonds is 5. The predicted molar refractivity (Wildman–Crippen MR) is 66.0 cm³/mol. The fourth-order valence-electron chi connectivity index (χ4n) is 1.31. The summed E-state index contributed by atoms with van der Waals surface area (Å²) in [6, 6.07) is 0. The lowest BCUT2D eigenvalue weighted by Crippen LogP contribution is -2.06. The van der Waals surface area contributed by atoms with E-state index in [-0.39, 0.29) is 0 Å². The van der Waals surface area contributed by atoms with E-state index in [4.69, 9.17) is 0 Å². The van der Waals surface area contributed by atoms with Gasteiger partial charge in [-0.2, -0.15) is 0 Å². The number of hydrogen-bond donors (Lipinski definition) is 1. The molecule has 0 saturated carbocycles. The Kier molecular flexibility index (Phi) is 6.20. The molecule has 3 heteroatoms. The van der Waals surface area contributed by atoms with E-state index in [1.54, 1.807) is 12.4 Å². The van der Waals surface area contributed by atoms with Crippen molar-refractivity contribution in [3.05, 3.63) is 23.8 Å². The molecule has 3 nitrogen and oxygen atoms in total. The number of nitrogens with zero attached hydrogens (tertiary/aromatic N) is 2. The summed E-state index contributed by atoms with van der Waals surface area (Å²) in [4.78, 5) is 8.19. The van der Waals surface area contributed by atoms with E-state index < -0.39 is 0 Å². The van der Waals surface area contributed by atoms with E-state index in [9.17, 15) is 0 Å². The minimum Gasteiger partial charge on any atom is -0.320 e. The van der Waals surface area contributed by atoms with Crippen molar-refractivity contribution in [2.75, 3.05) is 13.6 Å². The largest absolute Gasteiger partial charge is 0.320 e. The lowest BCUT2D eigenvalue weighted by atomic mass is 10.2. The van der Waals surface area contributed by atoms with Crippen LogP contribution < -0.4 is 5.32 Å². The zero-order chi connectivity index (χ0) is 11.6. The van der Waals surface area contributed by atoms with E-state index in [2.05, 4.69) is 27.1 Å². The van der Waals surface area contributed by atoms with Crippen molar-refractivity contribution in [2.24, 2.45) is 0 Å². The molecule has 1 N–H and O–H groups in total. The Hall–Kier alpha value is -1.40. The first kappa shape index (κ1) is 12.7. The van der Waals surface area contributed by atoms with Crippen LogP contribution in [0.4, 0.5) is 0 Å². The van der Waals surface area contributed by atoms with Crippen LogP contribution in [0, 0.1) is 18.8 Å². The Morgan fingerprint density at radius 2 is 1.94 bits per heavy atom. The van der Waals surface area contributed by atoms with Crippen molar-refractivity contribution in [3.63, 3.8) is 0 Å². The Labute approximate surface area is 97.7 Å². The second-order valence-electron chi connectivity index (χ2n) is 3.73. The lowest BCUT2D eigenvalue weighted by molar-refractivity contribution is 0.651. The van der Waals surface area contributed by atoms with Gasteiger partial charge in [0, 0.05) is 18.8 Å². The highest BCUT2D eigenvalue weighted by molar-refractivity contribution is 5.29. The second kappa shape index (κ2) is 7.84. The van der Waals surface area contributed by atoms with Gasteiger partial charge in [0.25, 0.3) is 0 Å². The third kappa shape index (κ3) is 5.47. The summed E-state index contributed by atoms with van der Waals surface area (Å²) >= 11 is 0. The maximum atomic E-state index is 4.10. The number of hydrogen-bond acceptors (Lipinski definition) is 3. The molecule has 0 saturated heterocycles. The minimum absolute atomic E-state index is 0.789. The van der Waals surface area contributed by atoms with Gasteiger partial charge in [0.05, 0.1) is 5.56 Å². The molecule has 0 bridgehead atoms. The van der Waals surface area contributed by atoms with Gasteiger partial charge in [-0.15, -0.1) is 0 Å². The fourth-order valence-corrected chi connectivity index (χ4v) is 1.31. The van der Waals surface area contributed by atoms with Gasteiger partial charge in [-0.3, -0.25) is 0 Å². The third-order valence-electron chi connectivity index (χ3n) is 2.24. The first-order chi connectivity index (χ1) is 7.83. The molecule has 0 fully saturated rings. The molecular weight excluding hydrogens is 198 g/mol. The normalized spacial score (nSPS) is 9.62. The number of aromatic nitrogens is 2. The van der Waals surface area contributed by atoms with Crippen molar-refractivity contribution in [3.8, 4) is 11.8 Å². The van der Waals surface area contributed by atoms with Crippen molar-refractivity contribution >= 4 is 0 Å². The van der Waals surface area contributed by atoms with E-state index >= 15 is 0 Å². The van der Waals surface area contributed by atoms with Crippen LogP contribution in [-0.2, 0) is 0 Å². The molecule has 0 aliphatic carbocycles. The van der Waals surface area contributed by atoms with E-state index in [0.29, 0.717) is 0 Å². The van der Waals surface area contributed by atoms with Gasteiger partial charge in [0.2, 0.25) is 0 Å². The molecular formula is C13H19N3. The summed E-state index contributed by atoms with van der Waals surface area (Å²) in [7, 11) is 1.98. The summed E-state index contributed by atoms with van der Waals surface area (Å²) in [6.07, 6.45) is 8.14. The first-order valence-electron chi connectivity index (χ1n) is 5.75. The van der Waals surface area contributed by atoms with E-state index in [1.807, 2.05) is 14.0 Å². The van der Waals surface area contributed by atoms with Crippen LogP contribution in [0.15, 0.2) is 12.4 Å². The van der Waals surface area contributed by atoms with E-state index in [1.165, 1.54) is 19.3 Å². The van der Waals surface area contributed by atoms with Crippen LogP contribution in [0.1, 0.15) is 37.1 Å². The topological polar surface area (TPSA) is 37.8 Å². The molecule has 0 aliphatic rings. The molecule has 86 valence electrons. The second-order valence-corrected chi connectivity index (χ2v) is 3.73. The standard InChI is InChI=1S/C13H19N3/c1-12-15-10-13(11-16-12)8-6-4-3-5-7-9-14-2/h10-11,14H,3-5,7,9H2,1-2H3. The molecule has 0 amide bonds. The molecule has 16 heavy (non-hydrogen) atoms. The smallest absolute Gasteiger partial charge is 0.125 e. The molecule has 0 unspecified atom stereocenters. The molecule has 0 aliphatic heterocycles. The van der Waals surface area contributed by atoms with Crippen molar-refractivity contribution in [1.29, 1.82) is 0 Å². The SMILES string of the molecule is CNCCCCCC#Cc1cnc(C)nc1. The monoisotopic (exact) mass is 217 g/mol. The van der Waals surface area contributed by atoms with Crippen LogP contribution in [0.5, 0.6) is 0 Å². The predicted octanol–water partition coefficient (Wildman–Crippen LogP) is 1.92. The van der Waals surface area contributed by atoms with Crippen molar-refractivity contribution in [2.45, 2.75) is 32.6 Å². The highest BCUT2D eigenvalue weighted by Crippen LogP contribution is 1.98. The van der Waals surface area contributed by atoms with Gasteiger partial charge < -0.3 is 5.32 Å². The summed E-state index contributed by atoms with van der Waals surface area (Å²) in [5, 5.41) is 3.14. The van der Waals surface area contributed by atoms with Crippen molar-refractivity contribution < 1.29 is 0 Å². The molecule has 1 heterocycles. The molecule has 0 radical (unpaired) electrons. The summed E-state index contributed by atoms with van der Waals surface area (Å²) in [5.74, 6) is 7.01. The quantitative estimate of drug-likeness (QED) is 0.605. The van der Waals surface area contributed by atoms with Crippen LogP contribution in [0.25, 0.3) is 0 Å². The van der Waals surface area contributed by atoms with Crippen LogP contribution in [-0.4, -0.2) is 23.6 Å². The zero-order valence-corrected chi connectivity index (χ0v) is 10.1. The van der Waals surface area contributed by atoms with Gasteiger partial charge >= 0.3 is 0 Å². The van der Waals surface area contributed by atoms with Crippen LogP contribution >= 0.6 is 0 Å². The third-order valence-corrected chi connectivity index (χ3v) is 2.24. The van der Waals surface area contributed by atoms with Crippen LogP contribution in [0.3, 0.4) is 0 Å². The maximum absolute atomic E-state index is 4.10. The van der Waals surface area contributed by atoms with Gasteiger partial charge in [-0.1, -0.05) is 18.3 Å². The highest BCUT2D eigenvalue weighted by Gasteiger charge is 1.88. The van der Waals surface area contributed by atoms with Gasteiger partial charge in [-0.25, -0.2) is 9.97 Å². The molecule has 0 spiro atoms. The fraction of sp³-hybridized carbons (Fsp3) is 0.538. The summed E-state index contributed by atoms with van der Waals surface area (Å²) in [5.41, 5.74) is 0.904. The maximum Gasteiger partial charge on any atom is 0.125 e. The Morgan fingerprint density at radius 1 is 1.19 bits per heavy atom. The molecule has 0 atom stereocenters. The molecule has 0 aromatic carbocycles. The summed E-state index contributed by atoms with van der Waals surface area (Å²) in [6.45, 7) is 2.97. The van der Waals surface area contributed by atoms with Crippen LogP contribution in [0.2, 0.25) is 0 Å². The Morgan fingerprint density at radius 3 is 2.62 bits per heavy atom. The van der Waals surface area contributed by atoms with E-state index in [0.717, 1.165) is 24.4 Å². The lowest BCUT2D eigenvalue weighted by Gasteiger charge is -1.96. The minimum atomic E-state index is 0.789. The van der Waals surface area contributed by atoms with Gasteiger partial charge in [0.15, 0.2) is 0 Å².